The van der Waals surface area contributed by atoms with Gasteiger partial charge in [0.15, 0.2) is 6.10 Å². The minimum Gasteiger partial charge on any atom is -0.480 e. The molecule has 1 fully saturated rings. The maximum atomic E-state index is 12.4. The lowest BCUT2D eigenvalue weighted by molar-refractivity contribution is -0.127. The highest BCUT2D eigenvalue weighted by Gasteiger charge is 2.29. The number of ether oxygens (including phenoxy) is 1. The molecular weight excluding hydrogens is 376 g/mol. The van der Waals surface area contributed by atoms with Crippen LogP contribution in [0.1, 0.15) is 18.1 Å². The number of anilines is 1. The van der Waals surface area contributed by atoms with E-state index in [-0.39, 0.29) is 5.91 Å². The van der Waals surface area contributed by atoms with Gasteiger partial charge in [-0.2, -0.15) is 0 Å². The number of hydrogen-bond donors (Lipinski definition) is 1. The number of nitrogens with zero attached hydrogens (tertiary/aromatic N) is 3. The average molecular weight is 401 g/mol. The van der Waals surface area contributed by atoms with Crippen molar-refractivity contribution in [1.82, 2.24) is 15.2 Å². The van der Waals surface area contributed by atoms with Crippen molar-refractivity contribution in [3.05, 3.63) is 52.7 Å². The van der Waals surface area contributed by atoms with Crippen molar-refractivity contribution < 1.29 is 9.53 Å². The number of nitrogens with one attached hydrogen (secondary N) is 1. The highest BCUT2D eigenvalue weighted by molar-refractivity contribution is 6.30. The van der Waals surface area contributed by atoms with Gasteiger partial charge in [0.1, 0.15) is 11.6 Å². The number of likely N-dealkylation sites (N-methyl/N-ethyl adjacent to an activating group) is 1. The molecule has 3 heterocycles. The van der Waals surface area contributed by atoms with Crippen LogP contribution in [0.3, 0.4) is 0 Å². The van der Waals surface area contributed by atoms with Crippen LogP contribution in [-0.4, -0.2) is 54.6 Å². The number of rotatable bonds is 5. The van der Waals surface area contributed by atoms with Crippen LogP contribution in [0.4, 0.5) is 5.82 Å². The normalized spacial score (nSPS) is 19.2. The Kier molecular flexibility index (Phi) is 5.69. The summed E-state index contributed by atoms with van der Waals surface area (Å²) in [5.41, 5.74) is 1.95. The number of amides is 1. The molecule has 1 N–H and O–H groups in total. The van der Waals surface area contributed by atoms with Crippen LogP contribution in [-0.2, 0) is 17.8 Å². The molecular formula is C21H25ClN4O2. The number of aromatic nitrogens is 1. The Morgan fingerprint density at radius 3 is 2.79 bits per heavy atom. The molecule has 0 saturated carbocycles. The molecule has 0 aliphatic carbocycles. The molecule has 6 nitrogen and oxygen atoms in total. The maximum Gasteiger partial charge on any atom is 0.261 e. The highest BCUT2D eigenvalue weighted by atomic mass is 35.5. The number of benzene rings is 1. The number of piperazine rings is 1. The standard InChI is InChI=1S/C21H25ClN4O2/c1-2-25-7-9-26(10-8-25)20-6-3-15(13-23-20)14-24-21(27)19-12-16-11-17(22)4-5-18(16)28-19/h3-6,11,13,19H,2,7-10,12,14H2,1H3,(H,24,27)/t19-/m1/s1. The van der Waals surface area contributed by atoms with Crippen molar-refractivity contribution in [2.75, 3.05) is 37.6 Å². The lowest BCUT2D eigenvalue weighted by Crippen LogP contribution is -2.46. The van der Waals surface area contributed by atoms with E-state index in [1.807, 2.05) is 30.5 Å². The van der Waals surface area contributed by atoms with Crippen molar-refractivity contribution >= 4 is 23.3 Å². The van der Waals surface area contributed by atoms with Crippen molar-refractivity contribution in [2.45, 2.75) is 26.0 Å². The van der Waals surface area contributed by atoms with E-state index in [0.29, 0.717) is 18.0 Å². The molecule has 1 saturated heterocycles. The van der Waals surface area contributed by atoms with Crippen molar-refractivity contribution in [3.63, 3.8) is 0 Å². The molecule has 2 aromatic rings. The fourth-order valence-electron chi connectivity index (χ4n) is 3.67. The number of halogens is 1. The number of hydrogen-bond acceptors (Lipinski definition) is 5. The molecule has 0 spiro atoms. The van der Waals surface area contributed by atoms with Gasteiger partial charge in [0.25, 0.3) is 5.91 Å². The molecule has 7 heteroatoms. The fourth-order valence-corrected chi connectivity index (χ4v) is 3.86. The van der Waals surface area contributed by atoms with E-state index >= 15 is 0 Å². The quantitative estimate of drug-likeness (QED) is 0.835. The maximum absolute atomic E-state index is 12.4. The van der Waals surface area contributed by atoms with Gasteiger partial charge in [-0.25, -0.2) is 4.98 Å². The van der Waals surface area contributed by atoms with Crippen LogP contribution in [0.25, 0.3) is 0 Å². The Hall–Kier alpha value is -2.31. The molecule has 148 valence electrons. The van der Waals surface area contributed by atoms with Crippen molar-refractivity contribution in [3.8, 4) is 5.75 Å². The molecule has 1 aromatic carbocycles. The van der Waals surface area contributed by atoms with E-state index in [0.717, 1.165) is 55.4 Å². The zero-order chi connectivity index (χ0) is 19.5. The van der Waals surface area contributed by atoms with Gasteiger partial charge in [0.2, 0.25) is 0 Å². The summed E-state index contributed by atoms with van der Waals surface area (Å²) >= 11 is 6.01. The summed E-state index contributed by atoms with van der Waals surface area (Å²) in [5, 5.41) is 3.60. The molecule has 2 aliphatic heterocycles. The average Bonchev–Trinajstić information content (AvgIpc) is 3.16. The van der Waals surface area contributed by atoms with E-state index in [1.54, 1.807) is 6.07 Å². The Labute approximate surface area is 170 Å². The predicted molar refractivity (Wildman–Crippen MR) is 110 cm³/mol. The SMILES string of the molecule is CCN1CCN(c2ccc(CNC(=O)[C@H]3Cc4cc(Cl)ccc4O3)cn2)CC1. The van der Waals surface area contributed by atoms with Gasteiger partial charge in [-0.3, -0.25) is 4.79 Å². The van der Waals surface area contributed by atoms with E-state index in [2.05, 4.69) is 27.0 Å². The lowest BCUT2D eigenvalue weighted by Gasteiger charge is -2.34. The van der Waals surface area contributed by atoms with Gasteiger partial charge in [-0.15, -0.1) is 0 Å². The van der Waals surface area contributed by atoms with Gasteiger partial charge in [0, 0.05) is 50.4 Å². The monoisotopic (exact) mass is 400 g/mol. The van der Waals surface area contributed by atoms with Crippen LogP contribution in [0.15, 0.2) is 36.5 Å². The molecule has 1 aromatic heterocycles. The van der Waals surface area contributed by atoms with Gasteiger partial charge >= 0.3 is 0 Å². The largest absolute Gasteiger partial charge is 0.480 e. The summed E-state index contributed by atoms with van der Waals surface area (Å²) in [6, 6.07) is 9.50. The number of carbonyl (C=O) groups is 1. The topological polar surface area (TPSA) is 57.7 Å². The van der Waals surface area contributed by atoms with Crippen LogP contribution < -0.4 is 15.0 Å². The zero-order valence-corrected chi connectivity index (χ0v) is 16.8. The molecule has 1 amide bonds. The summed E-state index contributed by atoms with van der Waals surface area (Å²) in [6.45, 7) is 7.88. The predicted octanol–water partition coefficient (Wildman–Crippen LogP) is 2.50. The molecule has 1 atom stereocenters. The minimum atomic E-state index is -0.504. The Bertz CT molecular complexity index is 835. The Morgan fingerprint density at radius 1 is 1.25 bits per heavy atom. The van der Waals surface area contributed by atoms with Crippen molar-refractivity contribution in [1.29, 1.82) is 0 Å². The third kappa shape index (κ3) is 4.23. The summed E-state index contributed by atoms with van der Waals surface area (Å²) in [6.07, 6.45) is 1.88. The van der Waals surface area contributed by atoms with Gasteiger partial charge in [-0.1, -0.05) is 24.6 Å². The molecule has 2 aliphatic rings. The first-order valence-electron chi connectivity index (χ1n) is 9.77. The second-order valence-corrected chi connectivity index (χ2v) is 7.66. The molecule has 28 heavy (non-hydrogen) atoms. The first kappa shape index (κ1) is 19.0. The molecule has 4 rings (SSSR count). The summed E-state index contributed by atoms with van der Waals surface area (Å²) in [5.74, 6) is 1.61. The summed E-state index contributed by atoms with van der Waals surface area (Å²) in [4.78, 5) is 21.8. The van der Waals surface area contributed by atoms with Crippen molar-refractivity contribution in [2.24, 2.45) is 0 Å². The van der Waals surface area contributed by atoms with E-state index in [9.17, 15) is 4.79 Å². The lowest BCUT2D eigenvalue weighted by atomic mass is 10.1. The van der Waals surface area contributed by atoms with Crippen LogP contribution in [0.5, 0.6) is 5.75 Å². The van der Waals surface area contributed by atoms with E-state index in [4.69, 9.17) is 16.3 Å². The first-order valence-corrected chi connectivity index (χ1v) is 10.1. The highest BCUT2D eigenvalue weighted by Crippen LogP contribution is 2.31. The Balaban J connectivity index is 1.28. The van der Waals surface area contributed by atoms with Gasteiger partial charge in [-0.05, 0) is 41.9 Å². The van der Waals surface area contributed by atoms with Gasteiger partial charge in [0.05, 0.1) is 0 Å². The minimum absolute atomic E-state index is 0.118. The third-order valence-corrected chi connectivity index (χ3v) is 5.64. The van der Waals surface area contributed by atoms with Gasteiger partial charge < -0.3 is 19.9 Å². The van der Waals surface area contributed by atoms with Crippen LogP contribution >= 0.6 is 11.6 Å². The van der Waals surface area contributed by atoms with Crippen LogP contribution in [0.2, 0.25) is 5.02 Å². The van der Waals surface area contributed by atoms with E-state index in [1.165, 1.54) is 0 Å². The van der Waals surface area contributed by atoms with E-state index < -0.39 is 6.10 Å². The summed E-state index contributed by atoms with van der Waals surface area (Å²) in [7, 11) is 0. The Morgan fingerprint density at radius 2 is 2.07 bits per heavy atom. The fraction of sp³-hybridized carbons (Fsp3) is 0.429. The molecule has 0 unspecified atom stereocenters. The van der Waals surface area contributed by atoms with Crippen LogP contribution in [0, 0.1) is 0 Å². The zero-order valence-electron chi connectivity index (χ0n) is 16.0. The second-order valence-electron chi connectivity index (χ2n) is 7.23. The number of pyridine rings is 1. The second kappa shape index (κ2) is 8.37. The number of carbonyl (C=O) groups excluding carboxylic acids is 1. The molecule has 0 bridgehead atoms. The molecule has 0 radical (unpaired) electrons. The number of fused-ring (bicyclic) bond motifs is 1. The third-order valence-electron chi connectivity index (χ3n) is 5.41. The summed E-state index contributed by atoms with van der Waals surface area (Å²) < 4.78 is 5.73. The first-order chi connectivity index (χ1) is 13.6. The smallest absolute Gasteiger partial charge is 0.261 e.